The van der Waals surface area contributed by atoms with Crippen molar-refractivity contribution in [3.05, 3.63) is 71.8 Å². The number of nitrogens with zero attached hydrogens (tertiary/aromatic N) is 1. The lowest BCUT2D eigenvalue weighted by Gasteiger charge is -2.39. The fraction of sp³-hybridized carbons (Fsp3) is 0.657. The first-order chi connectivity index (χ1) is 18.2. The molecule has 0 aliphatic heterocycles. The molecule has 2 heteroatoms. The summed E-state index contributed by atoms with van der Waals surface area (Å²) in [6.45, 7) is 8.62. The van der Waals surface area contributed by atoms with Gasteiger partial charge in [0.15, 0.2) is 0 Å². The van der Waals surface area contributed by atoms with Gasteiger partial charge in [0, 0.05) is 19.1 Å². The highest BCUT2D eigenvalue weighted by Crippen LogP contribution is 2.26. The Kier molecular flexibility index (Phi) is 17.4. The number of unbranched alkanes of at least 4 members (excludes halogenated alkanes) is 12. The van der Waals surface area contributed by atoms with Crippen LogP contribution in [0, 0.1) is 5.92 Å². The number of benzene rings is 2. The van der Waals surface area contributed by atoms with Crippen LogP contribution < -0.4 is 0 Å². The zero-order valence-corrected chi connectivity index (χ0v) is 24.4. The van der Waals surface area contributed by atoms with E-state index in [4.69, 9.17) is 0 Å². The summed E-state index contributed by atoms with van der Waals surface area (Å²) in [5, 5.41) is 11.5. The summed E-state index contributed by atoms with van der Waals surface area (Å²) in [6.07, 6.45) is 19.4. The van der Waals surface area contributed by atoms with Crippen LogP contribution in [0.25, 0.3) is 0 Å². The lowest BCUT2D eigenvalue weighted by Crippen LogP contribution is -2.47. The molecule has 0 radical (unpaired) electrons. The summed E-state index contributed by atoms with van der Waals surface area (Å²) in [4.78, 5) is 2.53. The van der Waals surface area contributed by atoms with Gasteiger partial charge in [0.2, 0.25) is 0 Å². The summed E-state index contributed by atoms with van der Waals surface area (Å²) in [5.74, 6) is 0.449. The van der Waals surface area contributed by atoms with E-state index in [1.165, 1.54) is 88.2 Å². The van der Waals surface area contributed by atoms with Crippen molar-refractivity contribution < 1.29 is 5.11 Å². The highest BCUT2D eigenvalue weighted by molar-refractivity contribution is 5.17. The van der Waals surface area contributed by atoms with Gasteiger partial charge >= 0.3 is 0 Å². The topological polar surface area (TPSA) is 23.5 Å². The molecule has 0 saturated heterocycles. The van der Waals surface area contributed by atoms with Gasteiger partial charge in [0.05, 0.1) is 6.10 Å². The Hall–Kier alpha value is -1.64. The summed E-state index contributed by atoms with van der Waals surface area (Å²) in [7, 11) is 0. The molecule has 0 bridgehead atoms. The first-order valence-corrected chi connectivity index (χ1v) is 15.7. The van der Waals surface area contributed by atoms with Crippen molar-refractivity contribution in [2.75, 3.05) is 0 Å². The van der Waals surface area contributed by atoms with Crippen LogP contribution in [-0.2, 0) is 13.1 Å². The van der Waals surface area contributed by atoms with Gasteiger partial charge in [-0.25, -0.2) is 0 Å². The minimum absolute atomic E-state index is 0.169. The van der Waals surface area contributed by atoms with Crippen LogP contribution in [-0.4, -0.2) is 22.2 Å². The highest BCUT2D eigenvalue weighted by atomic mass is 16.3. The fourth-order valence-corrected chi connectivity index (χ4v) is 5.67. The molecule has 2 aromatic rings. The van der Waals surface area contributed by atoms with Crippen molar-refractivity contribution in [1.29, 1.82) is 0 Å². The van der Waals surface area contributed by atoms with E-state index < -0.39 is 0 Å². The smallest absolute Gasteiger partial charge is 0.0698 e. The summed E-state index contributed by atoms with van der Waals surface area (Å²) in [5.41, 5.74) is 2.64. The average molecular weight is 508 g/mol. The molecule has 0 amide bonds. The molecule has 37 heavy (non-hydrogen) atoms. The van der Waals surface area contributed by atoms with Crippen molar-refractivity contribution >= 4 is 0 Å². The molecule has 0 aliphatic carbocycles. The fourth-order valence-electron chi connectivity index (χ4n) is 5.67. The van der Waals surface area contributed by atoms with Gasteiger partial charge in [-0.05, 0) is 23.5 Å². The largest absolute Gasteiger partial charge is 0.391 e. The second-order valence-electron chi connectivity index (χ2n) is 11.4. The van der Waals surface area contributed by atoms with E-state index in [1.807, 2.05) is 0 Å². The highest BCUT2D eigenvalue weighted by Gasteiger charge is 2.30. The van der Waals surface area contributed by atoms with Crippen LogP contribution in [0.15, 0.2) is 60.7 Å². The zero-order valence-electron chi connectivity index (χ0n) is 24.4. The predicted octanol–water partition coefficient (Wildman–Crippen LogP) is 9.95. The molecular formula is C35H57NO. The second kappa shape index (κ2) is 20.3. The lowest BCUT2D eigenvalue weighted by molar-refractivity contribution is 0.00347. The Labute approximate surface area is 229 Å². The standard InChI is InChI=1S/C35H57NO/c1-4-6-7-8-9-10-11-12-13-14-15-16-23-28-34(37)35(31(3)5-2)36(29-32-24-19-17-20-25-32)30-33-26-21-18-22-27-33/h17-22,24-27,31,34-35,37H,4-16,23,28-30H2,1-3H3. The van der Waals surface area contributed by atoms with Crippen LogP contribution in [0.4, 0.5) is 0 Å². The minimum Gasteiger partial charge on any atom is -0.391 e. The van der Waals surface area contributed by atoms with Gasteiger partial charge in [0.25, 0.3) is 0 Å². The van der Waals surface area contributed by atoms with Gasteiger partial charge in [-0.1, -0.05) is 171 Å². The quantitative estimate of drug-likeness (QED) is 0.160. The number of hydrogen-bond donors (Lipinski definition) is 1. The lowest BCUT2D eigenvalue weighted by atomic mass is 9.89. The summed E-state index contributed by atoms with van der Waals surface area (Å²) >= 11 is 0. The third-order valence-electron chi connectivity index (χ3n) is 8.10. The van der Waals surface area contributed by atoms with Crippen LogP contribution in [0.1, 0.15) is 128 Å². The predicted molar refractivity (Wildman–Crippen MR) is 162 cm³/mol. The van der Waals surface area contributed by atoms with Crippen LogP contribution in [0.2, 0.25) is 0 Å². The summed E-state index contributed by atoms with van der Waals surface area (Å²) in [6, 6.07) is 21.7. The normalized spacial score (nSPS) is 14.1. The number of hydrogen-bond acceptors (Lipinski definition) is 2. The molecule has 3 atom stereocenters. The van der Waals surface area contributed by atoms with Crippen molar-refractivity contribution in [3.63, 3.8) is 0 Å². The first-order valence-electron chi connectivity index (χ1n) is 15.7. The maximum Gasteiger partial charge on any atom is 0.0698 e. The SMILES string of the molecule is CCCCCCCCCCCCCCCC(O)C(C(C)CC)N(Cc1ccccc1)Cc1ccccc1. The Morgan fingerprint density at radius 2 is 1.00 bits per heavy atom. The van der Waals surface area contributed by atoms with Gasteiger partial charge in [-0.15, -0.1) is 0 Å². The molecule has 0 aliphatic rings. The van der Waals surface area contributed by atoms with Gasteiger partial charge < -0.3 is 5.11 Å². The molecule has 0 aromatic heterocycles. The average Bonchev–Trinajstić information content (AvgIpc) is 2.92. The Morgan fingerprint density at radius 3 is 1.41 bits per heavy atom. The second-order valence-corrected chi connectivity index (χ2v) is 11.4. The Morgan fingerprint density at radius 1 is 0.595 bits per heavy atom. The minimum atomic E-state index is -0.282. The molecule has 2 rings (SSSR count). The molecule has 3 unspecified atom stereocenters. The number of aliphatic hydroxyl groups excluding tert-OH is 1. The molecule has 2 aromatic carbocycles. The maximum absolute atomic E-state index is 11.5. The van der Waals surface area contributed by atoms with Crippen LogP contribution >= 0.6 is 0 Å². The van der Waals surface area contributed by atoms with E-state index in [0.717, 1.165) is 32.4 Å². The first kappa shape index (κ1) is 31.6. The zero-order chi connectivity index (χ0) is 26.6. The molecule has 208 valence electrons. The number of aliphatic hydroxyl groups is 1. The van der Waals surface area contributed by atoms with Gasteiger partial charge in [0.1, 0.15) is 0 Å². The summed E-state index contributed by atoms with van der Waals surface area (Å²) < 4.78 is 0. The molecule has 0 heterocycles. The third kappa shape index (κ3) is 13.6. The van der Waals surface area contributed by atoms with Crippen molar-refractivity contribution in [2.24, 2.45) is 5.92 Å². The monoisotopic (exact) mass is 507 g/mol. The Bertz CT molecular complexity index is 720. The van der Waals surface area contributed by atoms with E-state index >= 15 is 0 Å². The molecular weight excluding hydrogens is 450 g/mol. The van der Waals surface area contributed by atoms with Crippen molar-refractivity contribution in [2.45, 2.75) is 142 Å². The molecule has 0 fully saturated rings. The molecule has 0 spiro atoms. The molecule has 2 nitrogen and oxygen atoms in total. The molecule has 0 saturated carbocycles. The maximum atomic E-state index is 11.5. The van der Waals surface area contributed by atoms with Crippen LogP contribution in [0.3, 0.4) is 0 Å². The van der Waals surface area contributed by atoms with Gasteiger partial charge in [-0.3, -0.25) is 4.90 Å². The van der Waals surface area contributed by atoms with E-state index in [-0.39, 0.29) is 12.1 Å². The van der Waals surface area contributed by atoms with E-state index in [1.54, 1.807) is 0 Å². The Balaban J connectivity index is 1.79. The number of rotatable bonds is 22. The van der Waals surface area contributed by atoms with Gasteiger partial charge in [-0.2, -0.15) is 0 Å². The van der Waals surface area contributed by atoms with E-state index in [9.17, 15) is 5.11 Å². The van der Waals surface area contributed by atoms with Crippen LogP contribution in [0.5, 0.6) is 0 Å². The molecule has 1 N–H and O–H groups in total. The van der Waals surface area contributed by atoms with Crippen molar-refractivity contribution in [3.8, 4) is 0 Å². The third-order valence-corrected chi connectivity index (χ3v) is 8.10. The van der Waals surface area contributed by atoms with Crippen molar-refractivity contribution in [1.82, 2.24) is 4.90 Å². The van der Waals surface area contributed by atoms with E-state index in [0.29, 0.717) is 5.92 Å². The van der Waals surface area contributed by atoms with E-state index in [2.05, 4.69) is 86.3 Å².